The molecule has 0 unspecified atom stereocenters. The summed E-state index contributed by atoms with van der Waals surface area (Å²) in [5.41, 5.74) is 0.0125. The quantitative estimate of drug-likeness (QED) is 0.767. The van der Waals surface area contributed by atoms with Crippen molar-refractivity contribution in [3.05, 3.63) is 29.8 Å². The number of amides is 1. The minimum Gasteiger partial charge on any atom is -0.381 e. The van der Waals surface area contributed by atoms with E-state index in [2.05, 4.69) is 0 Å². The third-order valence-corrected chi connectivity index (χ3v) is 5.95. The van der Waals surface area contributed by atoms with Gasteiger partial charge >= 0.3 is 6.18 Å². The summed E-state index contributed by atoms with van der Waals surface area (Å²) < 4.78 is 69.1. The summed E-state index contributed by atoms with van der Waals surface area (Å²) in [6.07, 6.45) is -3.87. The van der Waals surface area contributed by atoms with E-state index < -0.39 is 34.7 Å². The van der Waals surface area contributed by atoms with Gasteiger partial charge in [0.05, 0.1) is 4.90 Å². The number of sulfonamides is 1. The van der Waals surface area contributed by atoms with E-state index >= 15 is 0 Å². The Hall–Kier alpha value is -1.65. The van der Waals surface area contributed by atoms with Crippen LogP contribution in [0.5, 0.6) is 0 Å². The predicted molar refractivity (Wildman–Crippen MR) is 88.2 cm³/mol. The summed E-state index contributed by atoms with van der Waals surface area (Å²) in [6, 6.07) is 4.35. The summed E-state index contributed by atoms with van der Waals surface area (Å²) in [7, 11) is -0.946. The Labute approximate surface area is 150 Å². The van der Waals surface area contributed by atoms with Gasteiger partial charge in [-0.05, 0) is 37.1 Å². The van der Waals surface area contributed by atoms with Gasteiger partial charge in [-0.25, -0.2) is 12.7 Å². The highest BCUT2D eigenvalue weighted by atomic mass is 32.2. The standard InChI is InChI=1S/C16H21F3N2O4S/c1-20(2)26(23,24)14-5-3-12(4-6-14)15(22)21(11-16(17,18)19)13-7-9-25-10-8-13/h3-6,13H,7-11H2,1-2H3. The van der Waals surface area contributed by atoms with Crippen molar-refractivity contribution < 1.29 is 31.1 Å². The number of ether oxygens (including phenoxy) is 1. The number of alkyl halides is 3. The van der Waals surface area contributed by atoms with E-state index in [1.165, 1.54) is 38.4 Å². The zero-order valence-corrected chi connectivity index (χ0v) is 15.3. The Kier molecular flexibility index (Phi) is 6.30. The molecule has 1 aromatic carbocycles. The zero-order chi connectivity index (χ0) is 19.5. The second-order valence-electron chi connectivity index (χ2n) is 6.20. The fourth-order valence-electron chi connectivity index (χ4n) is 2.70. The van der Waals surface area contributed by atoms with Crippen molar-refractivity contribution in [2.75, 3.05) is 33.9 Å². The Bertz CT molecular complexity index is 727. The second-order valence-corrected chi connectivity index (χ2v) is 8.36. The van der Waals surface area contributed by atoms with Crippen LogP contribution in [0.4, 0.5) is 13.2 Å². The minimum absolute atomic E-state index is 0.0125. The van der Waals surface area contributed by atoms with Crippen LogP contribution in [0.15, 0.2) is 29.2 Å². The van der Waals surface area contributed by atoms with Crippen molar-refractivity contribution in [2.24, 2.45) is 0 Å². The van der Waals surface area contributed by atoms with Gasteiger partial charge in [-0.1, -0.05) is 0 Å². The third-order valence-electron chi connectivity index (χ3n) is 4.12. The molecule has 0 spiro atoms. The van der Waals surface area contributed by atoms with E-state index in [9.17, 15) is 26.4 Å². The number of rotatable bonds is 5. The normalized spacial score (nSPS) is 16.7. The van der Waals surface area contributed by atoms with Crippen LogP contribution in [-0.4, -0.2) is 69.6 Å². The summed E-state index contributed by atoms with van der Waals surface area (Å²) in [5.74, 6) is -0.775. The molecule has 6 nitrogen and oxygen atoms in total. The first-order valence-corrected chi connectivity index (χ1v) is 9.44. The monoisotopic (exact) mass is 394 g/mol. The number of benzene rings is 1. The molecule has 1 aliphatic rings. The van der Waals surface area contributed by atoms with E-state index in [-0.39, 0.29) is 10.5 Å². The molecule has 1 heterocycles. The molecule has 26 heavy (non-hydrogen) atoms. The van der Waals surface area contributed by atoms with Gasteiger partial charge in [-0.3, -0.25) is 4.79 Å². The smallest absolute Gasteiger partial charge is 0.381 e. The van der Waals surface area contributed by atoms with Crippen LogP contribution in [0.25, 0.3) is 0 Å². The lowest BCUT2D eigenvalue weighted by Gasteiger charge is -2.35. The maximum Gasteiger partial charge on any atom is 0.406 e. The highest BCUT2D eigenvalue weighted by molar-refractivity contribution is 7.89. The molecule has 0 aliphatic carbocycles. The van der Waals surface area contributed by atoms with Crippen LogP contribution in [0.1, 0.15) is 23.2 Å². The van der Waals surface area contributed by atoms with Gasteiger partial charge in [0.15, 0.2) is 0 Å². The summed E-state index contributed by atoms with van der Waals surface area (Å²) in [5, 5.41) is 0. The summed E-state index contributed by atoms with van der Waals surface area (Å²) >= 11 is 0. The number of hydrogen-bond acceptors (Lipinski definition) is 4. The molecule has 0 N–H and O–H groups in total. The Balaban J connectivity index is 2.27. The highest BCUT2D eigenvalue weighted by Gasteiger charge is 2.37. The van der Waals surface area contributed by atoms with Gasteiger partial charge < -0.3 is 9.64 Å². The Morgan fingerprint density at radius 3 is 2.15 bits per heavy atom. The van der Waals surface area contributed by atoms with Crippen LogP contribution >= 0.6 is 0 Å². The van der Waals surface area contributed by atoms with Gasteiger partial charge in [0.25, 0.3) is 5.91 Å². The lowest BCUT2D eigenvalue weighted by Crippen LogP contribution is -2.47. The van der Waals surface area contributed by atoms with Gasteiger partial charge in [-0.15, -0.1) is 0 Å². The Morgan fingerprint density at radius 2 is 1.69 bits per heavy atom. The molecule has 1 aromatic rings. The number of hydrogen-bond donors (Lipinski definition) is 0. The molecular formula is C16H21F3N2O4S. The van der Waals surface area contributed by atoms with Crippen molar-refractivity contribution in [3.63, 3.8) is 0 Å². The SMILES string of the molecule is CN(C)S(=O)(=O)c1ccc(C(=O)N(CC(F)(F)F)C2CCOCC2)cc1. The van der Waals surface area contributed by atoms with E-state index in [0.717, 1.165) is 9.21 Å². The number of halogens is 3. The fourth-order valence-corrected chi connectivity index (χ4v) is 3.60. The molecular weight excluding hydrogens is 373 g/mol. The maximum atomic E-state index is 12.9. The van der Waals surface area contributed by atoms with Crippen LogP contribution in [0.3, 0.4) is 0 Å². The molecule has 10 heteroatoms. The van der Waals surface area contributed by atoms with Crippen molar-refractivity contribution in [1.29, 1.82) is 0 Å². The van der Waals surface area contributed by atoms with Crippen molar-refractivity contribution in [1.82, 2.24) is 9.21 Å². The average molecular weight is 394 g/mol. The largest absolute Gasteiger partial charge is 0.406 e. The van der Waals surface area contributed by atoms with E-state index in [0.29, 0.717) is 26.1 Å². The number of carbonyl (C=O) groups is 1. The zero-order valence-electron chi connectivity index (χ0n) is 14.5. The lowest BCUT2D eigenvalue weighted by atomic mass is 10.1. The van der Waals surface area contributed by atoms with Crippen molar-refractivity contribution in [3.8, 4) is 0 Å². The summed E-state index contributed by atoms with van der Waals surface area (Å²) in [6.45, 7) is -0.757. The molecule has 0 bridgehead atoms. The Morgan fingerprint density at radius 1 is 1.15 bits per heavy atom. The molecule has 1 amide bonds. The first-order valence-electron chi connectivity index (χ1n) is 8.00. The molecule has 1 aliphatic heterocycles. The van der Waals surface area contributed by atoms with Crippen LogP contribution in [0, 0.1) is 0 Å². The van der Waals surface area contributed by atoms with Gasteiger partial charge in [-0.2, -0.15) is 13.2 Å². The van der Waals surface area contributed by atoms with E-state index in [4.69, 9.17) is 4.74 Å². The minimum atomic E-state index is -4.53. The molecule has 0 radical (unpaired) electrons. The second kappa shape index (κ2) is 7.93. The maximum absolute atomic E-state index is 12.9. The van der Waals surface area contributed by atoms with Gasteiger partial charge in [0.2, 0.25) is 10.0 Å². The first kappa shape index (κ1) is 20.7. The van der Waals surface area contributed by atoms with Crippen LogP contribution < -0.4 is 0 Å². The molecule has 1 fully saturated rings. The molecule has 2 rings (SSSR count). The molecule has 1 saturated heterocycles. The number of nitrogens with zero attached hydrogens (tertiary/aromatic N) is 2. The molecule has 0 saturated carbocycles. The topological polar surface area (TPSA) is 66.9 Å². The average Bonchev–Trinajstić information content (AvgIpc) is 2.59. The van der Waals surface area contributed by atoms with Crippen molar-refractivity contribution in [2.45, 2.75) is 30.0 Å². The van der Waals surface area contributed by atoms with Crippen LogP contribution in [-0.2, 0) is 14.8 Å². The predicted octanol–water partition coefficient (Wildman–Crippen LogP) is 2.12. The number of carbonyl (C=O) groups excluding carboxylic acids is 1. The first-order chi connectivity index (χ1) is 12.0. The highest BCUT2D eigenvalue weighted by Crippen LogP contribution is 2.24. The third kappa shape index (κ3) is 4.95. The van der Waals surface area contributed by atoms with E-state index in [1.54, 1.807) is 0 Å². The van der Waals surface area contributed by atoms with E-state index in [1.807, 2.05) is 0 Å². The fraction of sp³-hybridized carbons (Fsp3) is 0.562. The molecule has 0 aromatic heterocycles. The lowest BCUT2D eigenvalue weighted by molar-refractivity contribution is -0.147. The van der Waals surface area contributed by atoms with Gasteiger partial charge in [0, 0.05) is 38.9 Å². The van der Waals surface area contributed by atoms with Crippen molar-refractivity contribution >= 4 is 15.9 Å². The molecule has 0 atom stereocenters. The van der Waals surface area contributed by atoms with Gasteiger partial charge in [0.1, 0.15) is 6.54 Å². The summed E-state index contributed by atoms with van der Waals surface area (Å²) in [4.78, 5) is 13.4. The molecule has 146 valence electrons. The van der Waals surface area contributed by atoms with Crippen LogP contribution in [0.2, 0.25) is 0 Å².